The van der Waals surface area contributed by atoms with Gasteiger partial charge in [-0.3, -0.25) is 9.20 Å². The van der Waals surface area contributed by atoms with E-state index in [1.807, 2.05) is 17.0 Å². The number of aromatic nitrogens is 4. The van der Waals surface area contributed by atoms with Gasteiger partial charge in [-0.15, -0.1) is 21.5 Å². The Labute approximate surface area is 144 Å². The first kappa shape index (κ1) is 15.3. The lowest BCUT2D eigenvalue weighted by Crippen LogP contribution is -2.39. The SMILES string of the molecule is CCc1csc([C@H]2CCCN(C(=O)c3ccc4nncn4c3)C2)n1. The lowest BCUT2D eigenvalue weighted by atomic mass is 9.98. The lowest BCUT2D eigenvalue weighted by molar-refractivity contribution is 0.0706. The summed E-state index contributed by atoms with van der Waals surface area (Å²) < 4.78 is 1.78. The molecule has 0 aromatic carbocycles. The quantitative estimate of drug-likeness (QED) is 0.735. The number of carbonyl (C=O) groups excluding carboxylic acids is 1. The van der Waals surface area contributed by atoms with Gasteiger partial charge in [0, 0.05) is 30.6 Å². The molecule has 0 saturated carbocycles. The van der Waals surface area contributed by atoms with E-state index < -0.39 is 0 Å². The number of hydrogen-bond acceptors (Lipinski definition) is 5. The van der Waals surface area contributed by atoms with Crippen LogP contribution in [0.4, 0.5) is 0 Å². The number of thiazole rings is 1. The molecular formula is C17H19N5OS. The minimum Gasteiger partial charge on any atom is -0.338 e. The number of fused-ring (bicyclic) bond motifs is 1. The summed E-state index contributed by atoms with van der Waals surface area (Å²) in [4.78, 5) is 19.5. The van der Waals surface area contributed by atoms with Crippen molar-refractivity contribution in [3.63, 3.8) is 0 Å². The fourth-order valence-electron chi connectivity index (χ4n) is 3.17. The molecule has 0 bridgehead atoms. The number of hydrogen-bond donors (Lipinski definition) is 0. The van der Waals surface area contributed by atoms with Crippen LogP contribution in [0.3, 0.4) is 0 Å². The third-order valence-electron chi connectivity index (χ3n) is 4.53. The molecule has 1 saturated heterocycles. The Bertz CT molecular complexity index is 871. The maximum atomic E-state index is 12.9. The maximum absolute atomic E-state index is 12.9. The van der Waals surface area contributed by atoms with Crippen LogP contribution in [-0.2, 0) is 6.42 Å². The summed E-state index contributed by atoms with van der Waals surface area (Å²) in [5.41, 5.74) is 2.57. The fourth-order valence-corrected chi connectivity index (χ4v) is 4.20. The normalized spacial score (nSPS) is 18.2. The summed E-state index contributed by atoms with van der Waals surface area (Å²) in [5.74, 6) is 0.425. The van der Waals surface area contributed by atoms with Crippen molar-refractivity contribution in [3.05, 3.63) is 46.3 Å². The zero-order chi connectivity index (χ0) is 16.5. The Morgan fingerprint density at radius 1 is 1.42 bits per heavy atom. The van der Waals surface area contributed by atoms with Gasteiger partial charge in [0.05, 0.1) is 16.3 Å². The first-order chi connectivity index (χ1) is 11.7. The molecule has 3 aromatic heterocycles. The van der Waals surface area contributed by atoms with Gasteiger partial charge >= 0.3 is 0 Å². The number of carbonyl (C=O) groups is 1. The summed E-state index contributed by atoms with van der Waals surface area (Å²) in [7, 11) is 0. The van der Waals surface area contributed by atoms with Crippen LogP contribution < -0.4 is 0 Å². The number of amides is 1. The van der Waals surface area contributed by atoms with Gasteiger partial charge in [0.25, 0.3) is 5.91 Å². The Balaban J connectivity index is 1.53. The second-order valence-corrected chi connectivity index (χ2v) is 7.02. The van der Waals surface area contributed by atoms with Crippen molar-refractivity contribution in [2.24, 2.45) is 0 Å². The van der Waals surface area contributed by atoms with Crippen LogP contribution in [0.1, 0.15) is 46.7 Å². The molecule has 1 aliphatic rings. The van der Waals surface area contributed by atoms with E-state index in [-0.39, 0.29) is 5.91 Å². The van der Waals surface area contributed by atoms with Crippen molar-refractivity contribution >= 4 is 22.9 Å². The largest absolute Gasteiger partial charge is 0.338 e. The molecule has 124 valence electrons. The summed E-state index contributed by atoms with van der Waals surface area (Å²) in [5, 5.41) is 11.1. The molecule has 0 radical (unpaired) electrons. The Morgan fingerprint density at radius 3 is 3.17 bits per heavy atom. The molecular weight excluding hydrogens is 322 g/mol. The Morgan fingerprint density at radius 2 is 2.33 bits per heavy atom. The van der Waals surface area contributed by atoms with E-state index in [0.717, 1.165) is 43.7 Å². The van der Waals surface area contributed by atoms with E-state index >= 15 is 0 Å². The van der Waals surface area contributed by atoms with Crippen LogP contribution in [0.5, 0.6) is 0 Å². The highest BCUT2D eigenvalue weighted by molar-refractivity contribution is 7.09. The predicted octanol–water partition coefficient (Wildman–Crippen LogP) is 2.77. The van der Waals surface area contributed by atoms with Crippen molar-refractivity contribution < 1.29 is 4.79 Å². The molecule has 0 aliphatic carbocycles. The number of likely N-dealkylation sites (tertiary alicyclic amines) is 1. The van der Waals surface area contributed by atoms with E-state index in [1.54, 1.807) is 28.3 Å². The molecule has 4 rings (SSSR count). The maximum Gasteiger partial charge on any atom is 0.255 e. The van der Waals surface area contributed by atoms with E-state index in [1.165, 1.54) is 5.01 Å². The van der Waals surface area contributed by atoms with E-state index in [4.69, 9.17) is 4.98 Å². The van der Waals surface area contributed by atoms with E-state index in [0.29, 0.717) is 11.5 Å². The van der Waals surface area contributed by atoms with Crippen LogP contribution in [0.25, 0.3) is 5.65 Å². The second kappa shape index (κ2) is 6.32. The van der Waals surface area contributed by atoms with Gasteiger partial charge in [-0.25, -0.2) is 4.98 Å². The van der Waals surface area contributed by atoms with Crippen molar-refractivity contribution in [3.8, 4) is 0 Å². The molecule has 4 heterocycles. The van der Waals surface area contributed by atoms with Crippen molar-refractivity contribution in [2.45, 2.75) is 32.1 Å². The van der Waals surface area contributed by atoms with Gasteiger partial charge < -0.3 is 4.90 Å². The predicted molar refractivity (Wildman–Crippen MR) is 92.4 cm³/mol. The molecule has 1 fully saturated rings. The average molecular weight is 341 g/mol. The van der Waals surface area contributed by atoms with Crippen LogP contribution in [0, 0.1) is 0 Å². The summed E-state index contributed by atoms with van der Waals surface area (Å²) in [6.45, 7) is 3.67. The number of rotatable bonds is 3. The fraction of sp³-hybridized carbons (Fsp3) is 0.412. The molecule has 24 heavy (non-hydrogen) atoms. The minimum absolute atomic E-state index is 0.0718. The average Bonchev–Trinajstić information content (AvgIpc) is 3.29. The molecule has 1 amide bonds. The first-order valence-electron chi connectivity index (χ1n) is 8.27. The molecule has 6 nitrogen and oxygen atoms in total. The van der Waals surface area contributed by atoms with Crippen molar-refractivity contribution in [1.82, 2.24) is 24.5 Å². The smallest absolute Gasteiger partial charge is 0.255 e. The van der Waals surface area contributed by atoms with Gasteiger partial charge in [-0.2, -0.15) is 0 Å². The highest BCUT2D eigenvalue weighted by Crippen LogP contribution is 2.30. The topological polar surface area (TPSA) is 63.4 Å². The highest BCUT2D eigenvalue weighted by Gasteiger charge is 2.27. The molecule has 1 aliphatic heterocycles. The van der Waals surface area contributed by atoms with Gasteiger partial charge in [0.1, 0.15) is 6.33 Å². The standard InChI is InChI=1S/C17H19N5OS/c1-2-14-10-24-16(19-14)12-4-3-7-21(8-12)17(23)13-5-6-15-20-18-11-22(15)9-13/h5-6,9-12H,2-4,7-8H2,1H3/t12-/m0/s1. The van der Waals surface area contributed by atoms with Crippen LogP contribution in [-0.4, -0.2) is 43.5 Å². The number of pyridine rings is 1. The summed E-state index contributed by atoms with van der Waals surface area (Å²) in [6, 6.07) is 3.66. The minimum atomic E-state index is 0.0718. The number of aryl methyl sites for hydroxylation is 1. The lowest BCUT2D eigenvalue weighted by Gasteiger charge is -2.32. The Kier molecular flexibility index (Phi) is 4.02. The summed E-state index contributed by atoms with van der Waals surface area (Å²) in [6.07, 6.45) is 6.51. The van der Waals surface area contributed by atoms with E-state index in [2.05, 4.69) is 22.5 Å². The van der Waals surface area contributed by atoms with Crippen LogP contribution in [0.2, 0.25) is 0 Å². The number of piperidine rings is 1. The third-order valence-corrected chi connectivity index (χ3v) is 5.58. The second-order valence-electron chi connectivity index (χ2n) is 6.14. The number of nitrogens with zero attached hydrogens (tertiary/aromatic N) is 5. The van der Waals surface area contributed by atoms with E-state index in [9.17, 15) is 4.79 Å². The monoisotopic (exact) mass is 341 g/mol. The molecule has 0 N–H and O–H groups in total. The van der Waals surface area contributed by atoms with Gasteiger partial charge in [0.2, 0.25) is 0 Å². The first-order valence-corrected chi connectivity index (χ1v) is 9.15. The van der Waals surface area contributed by atoms with Crippen molar-refractivity contribution in [1.29, 1.82) is 0 Å². The van der Waals surface area contributed by atoms with Crippen LogP contribution >= 0.6 is 11.3 Å². The molecule has 3 aromatic rings. The van der Waals surface area contributed by atoms with Gasteiger partial charge in [-0.1, -0.05) is 6.92 Å². The molecule has 7 heteroatoms. The van der Waals surface area contributed by atoms with Gasteiger partial charge in [-0.05, 0) is 31.4 Å². The third kappa shape index (κ3) is 2.80. The molecule has 0 spiro atoms. The Hall–Kier alpha value is -2.28. The molecule has 1 atom stereocenters. The summed E-state index contributed by atoms with van der Waals surface area (Å²) >= 11 is 1.72. The molecule has 0 unspecified atom stereocenters. The zero-order valence-corrected chi connectivity index (χ0v) is 14.4. The van der Waals surface area contributed by atoms with Gasteiger partial charge in [0.15, 0.2) is 5.65 Å². The highest BCUT2D eigenvalue weighted by atomic mass is 32.1. The zero-order valence-electron chi connectivity index (χ0n) is 13.6. The van der Waals surface area contributed by atoms with Crippen molar-refractivity contribution in [2.75, 3.05) is 13.1 Å². The van der Waals surface area contributed by atoms with Crippen LogP contribution in [0.15, 0.2) is 30.0 Å².